The van der Waals surface area contributed by atoms with Crippen LogP contribution in [0.3, 0.4) is 0 Å². The van der Waals surface area contributed by atoms with Gasteiger partial charge in [-0.2, -0.15) is 5.26 Å². The summed E-state index contributed by atoms with van der Waals surface area (Å²) in [5.74, 6) is -0.0765. The third-order valence-corrected chi connectivity index (χ3v) is 4.80. The van der Waals surface area contributed by atoms with E-state index in [4.69, 9.17) is 10.00 Å². The number of hydrogen-bond acceptors (Lipinski definition) is 4. The molecule has 126 valence electrons. The van der Waals surface area contributed by atoms with Crippen molar-refractivity contribution in [1.82, 2.24) is 4.90 Å². The van der Waals surface area contributed by atoms with E-state index in [9.17, 15) is 9.59 Å². The van der Waals surface area contributed by atoms with E-state index in [-0.39, 0.29) is 29.8 Å². The maximum atomic E-state index is 12.4. The van der Waals surface area contributed by atoms with Crippen molar-refractivity contribution in [3.05, 3.63) is 35.4 Å². The van der Waals surface area contributed by atoms with E-state index in [1.807, 2.05) is 11.8 Å². The highest BCUT2D eigenvalue weighted by molar-refractivity contribution is 5.82. The highest BCUT2D eigenvalue weighted by atomic mass is 16.5. The second-order valence-corrected chi connectivity index (χ2v) is 6.71. The molecule has 0 radical (unpaired) electrons. The molecular weight excluding hydrogens is 304 g/mol. The largest absolute Gasteiger partial charge is 0.458 e. The Kier molecular flexibility index (Phi) is 4.84. The molecule has 2 fully saturated rings. The number of nitriles is 1. The maximum Gasteiger partial charge on any atom is 0.311 e. The first kappa shape index (κ1) is 16.5. The van der Waals surface area contributed by atoms with Gasteiger partial charge in [0.25, 0.3) is 0 Å². The number of hydrogen-bond donors (Lipinski definition) is 0. The molecule has 1 amide bonds. The SMILES string of the molecule is C[C@H](OC(=O)[C@@H]1CCCN(C(=O)C2CC2)C1)c1ccc(C#N)cc1. The molecule has 0 aromatic heterocycles. The van der Waals surface area contributed by atoms with E-state index in [0.29, 0.717) is 12.1 Å². The smallest absolute Gasteiger partial charge is 0.311 e. The standard InChI is InChI=1S/C19H22N2O3/c1-13(15-6-4-14(11-20)5-7-15)24-19(23)17-3-2-10-21(12-17)18(22)16-8-9-16/h4-7,13,16-17H,2-3,8-10,12H2,1H3/t13-,17+/m0/s1. The summed E-state index contributed by atoms with van der Waals surface area (Å²) in [6, 6.07) is 9.12. The first-order valence-electron chi connectivity index (χ1n) is 8.58. The molecule has 1 heterocycles. The normalized spacial score (nSPS) is 21.7. The van der Waals surface area contributed by atoms with Crippen molar-refractivity contribution in [2.75, 3.05) is 13.1 Å². The molecule has 0 N–H and O–H groups in total. The van der Waals surface area contributed by atoms with Crippen LogP contribution in [0.1, 0.15) is 49.8 Å². The minimum Gasteiger partial charge on any atom is -0.458 e. The molecule has 5 heteroatoms. The van der Waals surface area contributed by atoms with Gasteiger partial charge in [-0.15, -0.1) is 0 Å². The molecule has 1 saturated heterocycles. The summed E-state index contributed by atoms with van der Waals surface area (Å²) in [6.07, 6.45) is 3.23. The van der Waals surface area contributed by atoms with Crippen LogP contribution in [0.15, 0.2) is 24.3 Å². The zero-order valence-electron chi connectivity index (χ0n) is 13.9. The molecule has 1 aliphatic heterocycles. The Morgan fingerprint density at radius 1 is 1.21 bits per heavy atom. The van der Waals surface area contributed by atoms with Gasteiger partial charge in [-0.3, -0.25) is 9.59 Å². The van der Waals surface area contributed by atoms with Gasteiger partial charge in [0.2, 0.25) is 5.91 Å². The first-order valence-corrected chi connectivity index (χ1v) is 8.58. The van der Waals surface area contributed by atoms with E-state index >= 15 is 0 Å². The summed E-state index contributed by atoms with van der Waals surface area (Å²) in [7, 11) is 0. The number of carbonyl (C=O) groups excluding carboxylic acids is 2. The Labute approximate surface area is 142 Å². The van der Waals surface area contributed by atoms with Crippen LogP contribution >= 0.6 is 0 Å². The van der Waals surface area contributed by atoms with Crippen molar-refractivity contribution in [3.63, 3.8) is 0 Å². The first-order chi connectivity index (χ1) is 11.6. The minimum atomic E-state index is -0.361. The van der Waals surface area contributed by atoms with Crippen molar-refractivity contribution in [1.29, 1.82) is 5.26 Å². The average Bonchev–Trinajstić information content (AvgIpc) is 3.46. The van der Waals surface area contributed by atoms with Crippen molar-refractivity contribution >= 4 is 11.9 Å². The van der Waals surface area contributed by atoms with Crippen molar-refractivity contribution in [2.24, 2.45) is 11.8 Å². The van der Waals surface area contributed by atoms with Crippen LogP contribution in [0, 0.1) is 23.2 Å². The lowest BCUT2D eigenvalue weighted by molar-refractivity contribution is -0.156. The number of piperidine rings is 1. The van der Waals surface area contributed by atoms with E-state index in [1.54, 1.807) is 24.3 Å². The van der Waals surface area contributed by atoms with Crippen LogP contribution in [0.2, 0.25) is 0 Å². The molecule has 5 nitrogen and oxygen atoms in total. The molecule has 1 saturated carbocycles. The van der Waals surface area contributed by atoms with Crippen LogP contribution in [-0.4, -0.2) is 29.9 Å². The fourth-order valence-electron chi connectivity index (χ4n) is 3.13. The Morgan fingerprint density at radius 3 is 2.54 bits per heavy atom. The predicted molar refractivity (Wildman–Crippen MR) is 87.7 cm³/mol. The van der Waals surface area contributed by atoms with E-state index in [0.717, 1.165) is 37.8 Å². The number of nitrogens with zero attached hydrogens (tertiary/aromatic N) is 2. The number of benzene rings is 1. The van der Waals surface area contributed by atoms with E-state index < -0.39 is 0 Å². The Balaban J connectivity index is 1.56. The lowest BCUT2D eigenvalue weighted by atomic mass is 9.97. The number of esters is 1. The van der Waals surface area contributed by atoms with Gasteiger partial charge in [0.1, 0.15) is 6.10 Å². The summed E-state index contributed by atoms with van der Waals surface area (Å²) in [5.41, 5.74) is 1.45. The fraction of sp³-hybridized carbons (Fsp3) is 0.526. The summed E-state index contributed by atoms with van der Waals surface area (Å²) in [5, 5.41) is 8.83. The van der Waals surface area contributed by atoms with Crippen molar-refractivity contribution in [2.45, 2.75) is 38.7 Å². The topological polar surface area (TPSA) is 70.4 Å². The summed E-state index contributed by atoms with van der Waals surface area (Å²) < 4.78 is 5.59. The third kappa shape index (κ3) is 3.76. The molecule has 1 aliphatic carbocycles. The van der Waals surface area contributed by atoms with Crippen LogP contribution in [-0.2, 0) is 14.3 Å². The van der Waals surface area contributed by atoms with Crippen molar-refractivity contribution < 1.29 is 14.3 Å². The number of carbonyl (C=O) groups is 2. The lowest BCUT2D eigenvalue weighted by Crippen LogP contribution is -2.43. The summed E-state index contributed by atoms with van der Waals surface area (Å²) >= 11 is 0. The van der Waals surface area contributed by atoms with Crippen LogP contribution in [0.4, 0.5) is 0 Å². The lowest BCUT2D eigenvalue weighted by Gasteiger charge is -2.32. The Bertz CT molecular complexity index is 658. The predicted octanol–water partition coefficient (Wildman–Crippen LogP) is 2.81. The van der Waals surface area contributed by atoms with Crippen LogP contribution in [0.5, 0.6) is 0 Å². The van der Waals surface area contributed by atoms with Gasteiger partial charge in [-0.05, 0) is 50.3 Å². The minimum absolute atomic E-state index is 0.192. The van der Waals surface area contributed by atoms with Gasteiger partial charge >= 0.3 is 5.97 Å². The molecule has 2 atom stereocenters. The average molecular weight is 326 g/mol. The van der Waals surface area contributed by atoms with E-state index in [2.05, 4.69) is 6.07 Å². The van der Waals surface area contributed by atoms with E-state index in [1.165, 1.54) is 0 Å². The van der Waals surface area contributed by atoms with Gasteiger partial charge in [-0.1, -0.05) is 12.1 Å². The van der Waals surface area contributed by atoms with Gasteiger partial charge in [0.05, 0.1) is 17.6 Å². The molecule has 0 bridgehead atoms. The number of likely N-dealkylation sites (tertiary alicyclic amines) is 1. The Morgan fingerprint density at radius 2 is 1.92 bits per heavy atom. The second kappa shape index (κ2) is 7.04. The fourth-order valence-corrected chi connectivity index (χ4v) is 3.13. The summed E-state index contributed by atoms with van der Waals surface area (Å²) in [4.78, 5) is 26.5. The van der Waals surface area contributed by atoms with Crippen molar-refractivity contribution in [3.8, 4) is 6.07 Å². The number of amides is 1. The Hall–Kier alpha value is -2.35. The molecule has 0 unspecified atom stereocenters. The van der Waals surface area contributed by atoms with Gasteiger partial charge in [0, 0.05) is 19.0 Å². The highest BCUT2D eigenvalue weighted by Gasteiger charge is 2.37. The van der Waals surface area contributed by atoms with Gasteiger partial charge in [-0.25, -0.2) is 0 Å². The molecule has 1 aromatic carbocycles. The molecule has 2 aliphatic rings. The second-order valence-electron chi connectivity index (χ2n) is 6.71. The third-order valence-electron chi connectivity index (χ3n) is 4.80. The van der Waals surface area contributed by atoms with Gasteiger partial charge in [0.15, 0.2) is 0 Å². The zero-order valence-corrected chi connectivity index (χ0v) is 13.9. The molecule has 24 heavy (non-hydrogen) atoms. The molecule has 0 spiro atoms. The molecule has 3 rings (SSSR count). The van der Waals surface area contributed by atoms with Gasteiger partial charge < -0.3 is 9.64 Å². The zero-order chi connectivity index (χ0) is 17.1. The van der Waals surface area contributed by atoms with Crippen LogP contribution in [0.25, 0.3) is 0 Å². The monoisotopic (exact) mass is 326 g/mol. The number of rotatable bonds is 4. The molecule has 1 aromatic rings. The maximum absolute atomic E-state index is 12.4. The quantitative estimate of drug-likeness (QED) is 0.798. The number of ether oxygens (including phenoxy) is 1. The van der Waals surface area contributed by atoms with Crippen LogP contribution < -0.4 is 0 Å². The highest BCUT2D eigenvalue weighted by Crippen LogP contribution is 2.33. The molecular formula is C19H22N2O3. The summed E-state index contributed by atoms with van der Waals surface area (Å²) in [6.45, 7) is 3.06.